The fourth-order valence-electron chi connectivity index (χ4n) is 1.61. The lowest BCUT2D eigenvalue weighted by molar-refractivity contribution is 0.781. The van der Waals surface area contributed by atoms with Gasteiger partial charge in [-0.3, -0.25) is 0 Å². The first-order valence-electron chi connectivity index (χ1n) is 4.97. The van der Waals surface area contributed by atoms with E-state index in [0.717, 1.165) is 5.56 Å². The first-order chi connectivity index (χ1) is 7.72. The van der Waals surface area contributed by atoms with Crippen LogP contribution in [-0.2, 0) is 6.54 Å². The second-order valence-electron chi connectivity index (χ2n) is 3.64. The molecule has 2 aromatic rings. The molecule has 0 aliphatic carbocycles. The highest BCUT2D eigenvalue weighted by molar-refractivity contribution is 5.44. The van der Waals surface area contributed by atoms with Gasteiger partial charge in [0.15, 0.2) is 11.5 Å². The number of rotatable bonds is 2. The standard InChI is InChI=1S/C12H12N4/c1-9-4-2-3-5-10(9)7-16-8-15-12(14)11(16)6-13/h2-5,8H,7,14H2,1H3. The van der Waals surface area contributed by atoms with Gasteiger partial charge in [0.25, 0.3) is 0 Å². The number of aromatic nitrogens is 2. The molecule has 0 radical (unpaired) electrons. The summed E-state index contributed by atoms with van der Waals surface area (Å²) in [5.74, 6) is 0.288. The molecule has 1 heterocycles. The smallest absolute Gasteiger partial charge is 0.164 e. The van der Waals surface area contributed by atoms with Crippen LogP contribution in [0.4, 0.5) is 5.82 Å². The Bertz CT molecular complexity index is 548. The van der Waals surface area contributed by atoms with Crippen molar-refractivity contribution in [2.45, 2.75) is 13.5 Å². The minimum atomic E-state index is 0.288. The van der Waals surface area contributed by atoms with Crippen molar-refractivity contribution in [3.63, 3.8) is 0 Å². The number of hydrogen-bond acceptors (Lipinski definition) is 3. The van der Waals surface area contributed by atoms with Crippen LogP contribution in [-0.4, -0.2) is 9.55 Å². The summed E-state index contributed by atoms with van der Waals surface area (Å²) in [6.07, 6.45) is 1.60. The van der Waals surface area contributed by atoms with E-state index in [4.69, 9.17) is 11.0 Å². The second kappa shape index (κ2) is 4.07. The number of nitrogens with two attached hydrogens (primary N) is 1. The SMILES string of the molecule is Cc1ccccc1Cn1cnc(N)c1C#N. The van der Waals surface area contributed by atoms with Crippen molar-refractivity contribution >= 4 is 5.82 Å². The third-order valence-electron chi connectivity index (χ3n) is 2.57. The molecule has 0 spiro atoms. The second-order valence-corrected chi connectivity index (χ2v) is 3.64. The highest BCUT2D eigenvalue weighted by Gasteiger charge is 2.08. The van der Waals surface area contributed by atoms with Gasteiger partial charge in [-0.1, -0.05) is 24.3 Å². The predicted octanol–water partition coefficient (Wildman–Crippen LogP) is 1.69. The van der Waals surface area contributed by atoms with E-state index in [1.807, 2.05) is 31.2 Å². The lowest BCUT2D eigenvalue weighted by atomic mass is 10.1. The quantitative estimate of drug-likeness (QED) is 0.823. The number of nitrogens with zero attached hydrogens (tertiary/aromatic N) is 3. The van der Waals surface area contributed by atoms with E-state index >= 15 is 0 Å². The average molecular weight is 212 g/mol. The van der Waals surface area contributed by atoms with Crippen LogP contribution in [0, 0.1) is 18.3 Å². The van der Waals surface area contributed by atoms with Gasteiger partial charge in [-0.15, -0.1) is 0 Å². The zero-order valence-corrected chi connectivity index (χ0v) is 9.01. The Kier molecular flexibility index (Phi) is 2.61. The van der Waals surface area contributed by atoms with Gasteiger partial charge in [0.2, 0.25) is 0 Å². The molecule has 16 heavy (non-hydrogen) atoms. The molecule has 4 heteroatoms. The van der Waals surface area contributed by atoms with Crippen molar-refractivity contribution in [2.75, 3.05) is 5.73 Å². The van der Waals surface area contributed by atoms with Gasteiger partial charge in [-0.25, -0.2) is 4.98 Å². The Labute approximate surface area is 94.0 Å². The lowest BCUT2D eigenvalue weighted by Crippen LogP contribution is -2.03. The van der Waals surface area contributed by atoms with E-state index in [1.165, 1.54) is 5.56 Å². The molecule has 0 saturated carbocycles. The summed E-state index contributed by atoms with van der Waals surface area (Å²) < 4.78 is 1.76. The summed E-state index contributed by atoms with van der Waals surface area (Å²) in [7, 11) is 0. The molecule has 0 saturated heterocycles. The number of anilines is 1. The summed E-state index contributed by atoms with van der Waals surface area (Å²) in [5.41, 5.74) is 8.37. The molecule has 80 valence electrons. The number of imidazole rings is 1. The first-order valence-corrected chi connectivity index (χ1v) is 4.97. The van der Waals surface area contributed by atoms with Gasteiger partial charge in [0, 0.05) is 0 Å². The van der Waals surface area contributed by atoms with Crippen molar-refractivity contribution in [1.82, 2.24) is 9.55 Å². The zero-order chi connectivity index (χ0) is 11.5. The van der Waals surface area contributed by atoms with Gasteiger partial charge < -0.3 is 10.3 Å². The van der Waals surface area contributed by atoms with Crippen LogP contribution in [0.5, 0.6) is 0 Å². The molecule has 0 atom stereocenters. The van der Waals surface area contributed by atoms with E-state index in [0.29, 0.717) is 12.2 Å². The summed E-state index contributed by atoms with van der Waals surface area (Å²) in [6, 6.07) is 10.1. The third-order valence-corrected chi connectivity index (χ3v) is 2.57. The van der Waals surface area contributed by atoms with E-state index in [1.54, 1.807) is 10.9 Å². The van der Waals surface area contributed by atoms with Crippen LogP contribution in [0.1, 0.15) is 16.8 Å². The molecule has 1 aromatic carbocycles. The van der Waals surface area contributed by atoms with Crippen molar-refractivity contribution < 1.29 is 0 Å². The fraction of sp³-hybridized carbons (Fsp3) is 0.167. The molecule has 0 amide bonds. The molecular weight excluding hydrogens is 200 g/mol. The van der Waals surface area contributed by atoms with Gasteiger partial charge in [-0.05, 0) is 18.1 Å². The van der Waals surface area contributed by atoms with Gasteiger partial charge in [0.1, 0.15) is 6.07 Å². The Hall–Kier alpha value is -2.28. The van der Waals surface area contributed by atoms with Crippen LogP contribution >= 0.6 is 0 Å². The molecule has 0 fully saturated rings. The normalized spacial score (nSPS) is 10.0. The van der Waals surface area contributed by atoms with Gasteiger partial charge >= 0.3 is 0 Å². The number of hydrogen-bond donors (Lipinski definition) is 1. The molecule has 0 unspecified atom stereocenters. The summed E-state index contributed by atoms with van der Waals surface area (Å²) in [6.45, 7) is 2.67. The van der Waals surface area contributed by atoms with Crippen LogP contribution in [0.15, 0.2) is 30.6 Å². The Morgan fingerprint density at radius 3 is 2.88 bits per heavy atom. The molecule has 4 nitrogen and oxygen atoms in total. The summed E-state index contributed by atoms with van der Waals surface area (Å²) in [5, 5.41) is 8.94. The first kappa shape index (κ1) is 10.2. The van der Waals surface area contributed by atoms with Crippen molar-refractivity contribution in [3.8, 4) is 6.07 Å². The molecule has 1 aromatic heterocycles. The Morgan fingerprint density at radius 1 is 1.44 bits per heavy atom. The fourth-order valence-corrected chi connectivity index (χ4v) is 1.61. The number of aryl methyl sites for hydroxylation is 1. The highest BCUT2D eigenvalue weighted by atomic mass is 15.1. The van der Waals surface area contributed by atoms with E-state index < -0.39 is 0 Å². The van der Waals surface area contributed by atoms with Gasteiger partial charge in [0.05, 0.1) is 12.9 Å². The predicted molar refractivity (Wildman–Crippen MR) is 61.6 cm³/mol. The maximum atomic E-state index is 8.94. The highest BCUT2D eigenvalue weighted by Crippen LogP contribution is 2.13. The maximum Gasteiger partial charge on any atom is 0.164 e. The molecule has 0 bridgehead atoms. The monoisotopic (exact) mass is 212 g/mol. The van der Waals surface area contributed by atoms with Crippen LogP contribution < -0.4 is 5.73 Å². The van der Waals surface area contributed by atoms with Crippen LogP contribution in [0.3, 0.4) is 0 Å². The van der Waals surface area contributed by atoms with Crippen molar-refractivity contribution in [2.24, 2.45) is 0 Å². The molecule has 2 rings (SSSR count). The van der Waals surface area contributed by atoms with E-state index in [9.17, 15) is 0 Å². The Balaban J connectivity index is 2.35. The minimum Gasteiger partial charge on any atom is -0.381 e. The third kappa shape index (κ3) is 1.75. The van der Waals surface area contributed by atoms with Gasteiger partial charge in [-0.2, -0.15) is 5.26 Å². The summed E-state index contributed by atoms with van der Waals surface area (Å²) >= 11 is 0. The maximum absolute atomic E-state index is 8.94. The van der Waals surface area contributed by atoms with E-state index in [-0.39, 0.29) is 5.82 Å². The molecule has 2 N–H and O–H groups in total. The number of nitriles is 1. The molecule has 0 aliphatic heterocycles. The molecule has 0 aliphatic rings. The number of benzene rings is 1. The molecular formula is C12H12N4. The zero-order valence-electron chi connectivity index (χ0n) is 9.01. The summed E-state index contributed by atoms with van der Waals surface area (Å²) in [4.78, 5) is 3.93. The van der Waals surface area contributed by atoms with E-state index in [2.05, 4.69) is 11.1 Å². The number of nitrogen functional groups attached to an aromatic ring is 1. The van der Waals surface area contributed by atoms with Crippen LogP contribution in [0.2, 0.25) is 0 Å². The van der Waals surface area contributed by atoms with Crippen molar-refractivity contribution in [3.05, 3.63) is 47.4 Å². The largest absolute Gasteiger partial charge is 0.381 e. The topological polar surface area (TPSA) is 67.6 Å². The average Bonchev–Trinajstić information content (AvgIpc) is 2.63. The lowest BCUT2D eigenvalue weighted by Gasteiger charge is -2.06. The Morgan fingerprint density at radius 2 is 2.19 bits per heavy atom. The van der Waals surface area contributed by atoms with Crippen molar-refractivity contribution in [1.29, 1.82) is 5.26 Å². The minimum absolute atomic E-state index is 0.288. The van der Waals surface area contributed by atoms with Crippen LogP contribution in [0.25, 0.3) is 0 Å².